The van der Waals surface area contributed by atoms with Gasteiger partial charge in [0.1, 0.15) is 0 Å². The molecule has 0 aromatic heterocycles. The molecule has 1 saturated heterocycles. The van der Waals surface area contributed by atoms with Gasteiger partial charge in [-0.3, -0.25) is 4.79 Å². The van der Waals surface area contributed by atoms with Crippen LogP contribution in [0.1, 0.15) is 46.5 Å². The molecule has 0 aromatic carbocycles. The second-order valence-corrected chi connectivity index (χ2v) is 5.19. The molecule has 0 saturated carbocycles. The van der Waals surface area contributed by atoms with Crippen molar-refractivity contribution in [2.45, 2.75) is 58.5 Å². The van der Waals surface area contributed by atoms with E-state index >= 15 is 0 Å². The van der Waals surface area contributed by atoms with Crippen LogP contribution in [-0.2, 0) is 4.79 Å². The standard InChI is InChI=1S/C12H24N2O.ClH/c1-9(2)7-11-5-4-6-14(11)12(15)8-10(3)13;/h9-11H,4-8,13H2,1-3H3;1H. The van der Waals surface area contributed by atoms with Crippen molar-refractivity contribution in [3.63, 3.8) is 0 Å². The molecule has 0 bridgehead atoms. The summed E-state index contributed by atoms with van der Waals surface area (Å²) < 4.78 is 0. The van der Waals surface area contributed by atoms with E-state index in [4.69, 9.17) is 5.73 Å². The number of rotatable bonds is 4. The molecule has 1 aliphatic heterocycles. The van der Waals surface area contributed by atoms with Crippen LogP contribution in [0.3, 0.4) is 0 Å². The molecule has 1 rings (SSSR count). The van der Waals surface area contributed by atoms with Gasteiger partial charge in [0.05, 0.1) is 0 Å². The lowest BCUT2D eigenvalue weighted by Crippen LogP contribution is -2.38. The normalized spacial score (nSPS) is 22.1. The van der Waals surface area contributed by atoms with Gasteiger partial charge in [-0.15, -0.1) is 12.4 Å². The first-order chi connectivity index (χ1) is 7.00. The Morgan fingerprint density at radius 2 is 2.06 bits per heavy atom. The van der Waals surface area contributed by atoms with Crippen LogP contribution in [0.2, 0.25) is 0 Å². The van der Waals surface area contributed by atoms with Crippen molar-refractivity contribution in [1.82, 2.24) is 4.90 Å². The molecule has 2 atom stereocenters. The van der Waals surface area contributed by atoms with Gasteiger partial charge in [-0.1, -0.05) is 13.8 Å². The van der Waals surface area contributed by atoms with E-state index in [2.05, 4.69) is 13.8 Å². The van der Waals surface area contributed by atoms with E-state index in [1.54, 1.807) is 0 Å². The zero-order valence-electron chi connectivity index (χ0n) is 10.6. The average Bonchev–Trinajstić information content (AvgIpc) is 2.49. The molecule has 1 aliphatic rings. The van der Waals surface area contributed by atoms with Gasteiger partial charge in [0.15, 0.2) is 0 Å². The second-order valence-electron chi connectivity index (χ2n) is 5.19. The Bertz CT molecular complexity index is 219. The highest BCUT2D eigenvalue weighted by Gasteiger charge is 2.28. The number of carbonyl (C=O) groups is 1. The second kappa shape index (κ2) is 7.13. The Labute approximate surface area is 105 Å². The van der Waals surface area contributed by atoms with Crippen molar-refractivity contribution in [1.29, 1.82) is 0 Å². The fourth-order valence-corrected chi connectivity index (χ4v) is 2.35. The molecule has 0 radical (unpaired) electrons. The first kappa shape index (κ1) is 15.7. The molecule has 1 fully saturated rings. The summed E-state index contributed by atoms with van der Waals surface area (Å²) in [4.78, 5) is 13.9. The molecule has 1 amide bonds. The highest BCUT2D eigenvalue weighted by atomic mass is 35.5. The van der Waals surface area contributed by atoms with Crippen molar-refractivity contribution in [3.8, 4) is 0 Å². The highest BCUT2D eigenvalue weighted by Crippen LogP contribution is 2.24. The molecular weight excluding hydrogens is 224 g/mol. The van der Waals surface area contributed by atoms with E-state index in [1.807, 2.05) is 11.8 Å². The SMILES string of the molecule is CC(C)CC1CCCN1C(=O)CC(C)N.Cl. The minimum Gasteiger partial charge on any atom is -0.340 e. The lowest BCUT2D eigenvalue weighted by atomic mass is 10.0. The Balaban J connectivity index is 0.00000225. The summed E-state index contributed by atoms with van der Waals surface area (Å²) in [6, 6.07) is 0.453. The summed E-state index contributed by atoms with van der Waals surface area (Å²) in [7, 11) is 0. The maximum absolute atomic E-state index is 11.9. The van der Waals surface area contributed by atoms with Gasteiger partial charge >= 0.3 is 0 Å². The largest absolute Gasteiger partial charge is 0.340 e. The summed E-state index contributed by atoms with van der Waals surface area (Å²) in [6.07, 6.45) is 3.95. The smallest absolute Gasteiger partial charge is 0.224 e. The molecule has 16 heavy (non-hydrogen) atoms. The van der Waals surface area contributed by atoms with Gasteiger partial charge < -0.3 is 10.6 Å². The van der Waals surface area contributed by atoms with E-state index in [0.717, 1.165) is 19.4 Å². The number of amides is 1. The molecule has 0 aromatic rings. The molecule has 0 spiro atoms. The number of nitrogens with zero attached hydrogens (tertiary/aromatic N) is 1. The summed E-state index contributed by atoms with van der Waals surface area (Å²) in [5.74, 6) is 0.909. The van der Waals surface area contributed by atoms with E-state index in [1.165, 1.54) is 6.42 Å². The number of likely N-dealkylation sites (tertiary alicyclic amines) is 1. The lowest BCUT2D eigenvalue weighted by molar-refractivity contribution is -0.132. The summed E-state index contributed by atoms with van der Waals surface area (Å²) in [5, 5.41) is 0. The molecule has 96 valence electrons. The first-order valence-electron chi connectivity index (χ1n) is 6.05. The van der Waals surface area contributed by atoms with Crippen LogP contribution in [0.25, 0.3) is 0 Å². The van der Waals surface area contributed by atoms with Gasteiger partial charge in [0.25, 0.3) is 0 Å². The highest BCUT2D eigenvalue weighted by molar-refractivity contribution is 5.85. The molecule has 1 heterocycles. The number of halogens is 1. The van der Waals surface area contributed by atoms with Crippen molar-refractivity contribution in [2.75, 3.05) is 6.54 Å². The minimum atomic E-state index is -0.0159. The predicted molar refractivity (Wildman–Crippen MR) is 69.7 cm³/mol. The van der Waals surface area contributed by atoms with Gasteiger partial charge in [-0.25, -0.2) is 0 Å². The van der Waals surface area contributed by atoms with Crippen LogP contribution in [-0.4, -0.2) is 29.4 Å². The average molecular weight is 249 g/mol. The molecule has 2 unspecified atom stereocenters. The summed E-state index contributed by atoms with van der Waals surface area (Å²) >= 11 is 0. The van der Waals surface area contributed by atoms with Gasteiger partial charge in [-0.05, 0) is 32.1 Å². The maximum atomic E-state index is 11.9. The third kappa shape index (κ3) is 4.71. The monoisotopic (exact) mass is 248 g/mol. The molecule has 3 nitrogen and oxygen atoms in total. The van der Waals surface area contributed by atoms with Crippen molar-refractivity contribution in [3.05, 3.63) is 0 Å². The fraction of sp³-hybridized carbons (Fsp3) is 0.917. The quantitative estimate of drug-likeness (QED) is 0.829. The number of carbonyl (C=O) groups excluding carboxylic acids is 1. The lowest BCUT2D eigenvalue weighted by Gasteiger charge is -2.26. The van der Waals surface area contributed by atoms with E-state index < -0.39 is 0 Å². The zero-order valence-corrected chi connectivity index (χ0v) is 11.4. The van der Waals surface area contributed by atoms with E-state index in [-0.39, 0.29) is 24.4 Å². The summed E-state index contributed by atoms with van der Waals surface area (Å²) in [5.41, 5.74) is 5.66. The van der Waals surface area contributed by atoms with Crippen molar-refractivity contribution >= 4 is 18.3 Å². The topological polar surface area (TPSA) is 46.3 Å². The Kier molecular flexibility index (Phi) is 7.00. The zero-order chi connectivity index (χ0) is 11.4. The third-order valence-corrected chi connectivity index (χ3v) is 2.94. The molecule has 4 heteroatoms. The van der Waals surface area contributed by atoms with Gasteiger partial charge in [0.2, 0.25) is 5.91 Å². The third-order valence-electron chi connectivity index (χ3n) is 2.94. The molecule has 2 N–H and O–H groups in total. The van der Waals surface area contributed by atoms with Crippen LogP contribution in [0.5, 0.6) is 0 Å². The van der Waals surface area contributed by atoms with Gasteiger partial charge in [-0.2, -0.15) is 0 Å². The van der Waals surface area contributed by atoms with Crippen molar-refractivity contribution < 1.29 is 4.79 Å². The maximum Gasteiger partial charge on any atom is 0.224 e. The van der Waals surface area contributed by atoms with Crippen LogP contribution < -0.4 is 5.73 Å². The van der Waals surface area contributed by atoms with Gasteiger partial charge in [0, 0.05) is 25.0 Å². The molecule has 0 aliphatic carbocycles. The fourth-order valence-electron chi connectivity index (χ4n) is 2.35. The predicted octanol–water partition coefficient (Wildman–Crippen LogP) is 2.18. The van der Waals surface area contributed by atoms with Crippen LogP contribution >= 0.6 is 12.4 Å². The van der Waals surface area contributed by atoms with E-state index in [9.17, 15) is 4.79 Å². The molecular formula is C12H25ClN2O. The van der Waals surface area contributed by atoms with Crippen LogP contribution in [0.4, 0.5) is 0 Å². The summed E-state index contributed by atoms with van der Waals surface area (Å²) in [6.45, 7) is 7.26. The van der Waals surface area contributed by atoms with Crippen LogP contribution in [0.15, 0.2) is 0 Å². The number of hydrogen-bond donors (Lipinski definition) is 1. The number of hydrogen-bond acceptors (Lipinski definition) is 2. The van der Waals surface area contributed by atoms with E-state index in [0.29, 0.717) is 18.4 Å². The Morgan fingerprint density at radius 3 is 2.56 bits per heavy atom. The first-order valence-corrected chi connectivity index (χ1v) is 6.05. The minimum absolute atomic E-state index is 0. The Morgan fingerprint density at radius 1 is 1.44 bits per heavy atom. The Hall–Kier alpha value is -0.280. The van der Waals surface area contributed by atoms with Crippen LogP contribution in [0, 0.1) is 5.92 Å². The number of nitrogens with two attached hydrogens (primary N) is 1. The van der Waals surface area contributed by atoms with Crippen molar-refractivity contribution in [2.24, 2.45) is 11.7 Å².